The van der Waals surface area contributed by atoms with Gasteiger partial charge in [0, 0.05) is 18.9 Å². The van der Waals surface area contributed by atoms with E-state index in [1.165, 1.54) is 6.08 Å². The molecule has 0 saturated heterocycles. The Morgan fingerprint density at radius 1 is 1.52 bits per heavy atom. The van der Waals surface area contributed by atoms with Crippen LogP contribution in [0.5, 0.6) is 0 Å². The second-order valence-electron chi connectivity index (χ2n) is 5.17. The number of esters is 1. The van der Waals surface area contributed by atoms with Gasteiger partial charge in [-0.2, -0.15) is 11.3 Å². The van der Waals surface area contributed by atoms with E-state index in [1.54, 1.807) is 17.4 Å². The number of aliphatic hydroxyl groups excluding tert-OH is 1. The van der Waals surface area contributed by atoms with Crippen LogP contribution in [-0.2, 0) is 19.0 Å². The summed E-state index contributed by atoms with van der Waals surface area (Å²) in [5, 5.41) is 12.9. The van der Waals surface area contributed by atoms with Gasteiger partial charge in [-0.3, -0.25) is 0 Å². The first-order chi connectivity index (χ1) is 11.2. The van der Waals surface area contributed by atoms with Crippen molar-refractivity contribution < 1.29 is 24.1 Å². The van der Waals surface area contributed by atoms with Crippen molar-refractivity contribution in [1.82, 2.24) is 0 Å². The fraction of sp³-hybridized carbons (Fsp3) is 0.471. The van der Waals surface area contributed by atoms with E-state index in [1.807, 2.05) is 11.4 Å². The summed E-state index contributed by atoms with van der Waals surface area (Å²) >= 11 is 1.61. The van der Waals surface area contributed by atoms with Crippen molar-refractivity contribution >= 4 is 17.3 Å². The maximum absolute atomic E-state index is 12.0. The predicted octanol–water partition coefficient (Wildman–Crippen LogP) is 2.98. The zero-order valence-electron chi connectivity index (χ0n) is 13.0. The molecule has 1 aliphatic rings. The summed E-state index contributed by atoms with van der Waals surface area (Å²) in [6.07, 6.45) is 4.90. The average molecular weight is 338 g/mol. The number of unbranched alkanes of at least 4 members (excludes halogenated alkanes) is 1. The molecule has 2 rings (SSSR count). The van der Waals surface area contributed by atoms with E-state index >= 15 is 0 Å². The Kier molecular flexibility index (Phi) is 7.32. The number of thiophene rings is 1. The fourth-order valence-electron chi connectivity index (χ4n) is 2.26. The molecule has 1 N–H and O–H groups in total. The third-order valence-electron chi connectivity index (χ3n) is 3.42. The number of rotatable bonds is 9. The lowest BCUT2D eigenvalue weighted by Crippen LogP contribution is -2.28. The van der Waals surface area contributed by atoms with Gasteiger partial charge in [0.15, 0.2) is 0 Å². The fourth-order valence-corrected chi connectivity index (χ4v) is 2.98. The van der Waals surface area contributed by atoms with Crippen LogP contribution in [0.3, 0.4) is 0 Å². The molecular weight excluding hydrogens is 316 g/mol. The van der Waals surface area contributed by atoms with E-state index in [2.05, 4.69) is 12.0 Å². The number of ether oxygens (including phenoxy) is 3. The molecule has 126 valence electrons. The number of aliphatic hydroxyl groups is 1. The van der Waals surface area contributed by atoms with Gasteiger partial charge >= 0.3 is 5.97 Å². The lowest BCUT2D eigenvalue weighted by Gasteiger charge is -2.28. The highest BCUT2D eigenvalue weighted by Gasteiger charge is 2.29. The molecule has 0 saturated carbocycles. The first kappa shape index (κ1) is 17.7. The Morgan fingerprint density at radius 3 is 3.09 bits per heavy atom. The zero-order chi connectivity index (χ0) is 16.5. The van der Waals surface area contributed by atoms with Gasteiger partial charge in [-0.15, -0.1) is 0 Å². The van der Waals surface area contributed by atoms with Crippen molar-refractivity contribution in [3.63, 3.8) is 0 Å². The van der Waals surface area contributed by atoms with Gasteiger partial charge in [-0.05, 0) is 41.3 Å². The van der Waals surface area contributed by atoms with Gasteiger partial charge in [0.25, 0.3) is 0 Å². The van der Waals surface area contributed by atoms with Crippen LogP contribution in [-0.4, -0.2) is 37.2 Å². The molecule has 2 atom stereocenters. The normalized spacial score (nSPS) is 20.5. The summed E-state index contributed by atoms with van der Waals surface area (Å²) in [4.78, 5) is 12.0. The van der Waals surface area contributed by atoms with E-state index in [4.69, 9.17) is 19.3 Å². The van der Waals surface area contributed by atoms with Crippen LogP contribution >= 0.6 is 11.3 Å². The molecule has 0 radical (unpaired) electrons. The van der Waals surface area contributed by atoms with Crippen molar-refractivity contribution in [1.29, 1.82) is 0 Å². The van der Waals surface area contributed by atoms with Crippen molar-refractivity contribution in [2.45, 2.75) is 31.5 Å². The third-order valence-corrected chi connectivity index (χ3v) is 4.12. The van der Waals surface area contributed by atoms with E-state index in [9.17, 15) is 4.79 Å². The predicted molar refractivity (Wildman–Crippen MR) is 88.1 cm³/mol. The Bertz CT molecular complexity index is 523. The van der Waals surface area contributed by atoms with Crippen LogP contribution < -0.4 is 0 Å². The summed E-state index contributed by atoms with van der Waals surface area (Å²) in [5.74, 6) is -0.264. The molecule has 0 aliphatic carbocycles. The van der Waals surface area contributed by atoms with Crippen LogP contribution in [0.25, 0.3) is 0 Å². The first-order valence-electron chi connectivity index (χ1n) is 7.65. The SMILES string of the molecule is C=CCOC(=O)C1=CC(c2ccsc2)CC(OCCCCO)O1. The smallest absolute Gasteiger partial charge is 0.373 e. The number of carbonyl (C=O) groups is 1. The first-order valence-corrected chi connectivity index (χ1v) is 8.60. The molecule has 1 aromatic rings. The van der Waals surface area contributed by atoms with Crippen LogP contribution in [0.2, 0.25) is 0 Å². The van der Waals surface area contributed by atoms with E-state index in [-0.39, 0.29) is 24.9 Å². The molecule has 0 spiro atoms. The molecule has 2 heterocycles. The Balaban J connectivity index is 2.02. The minimum absolute atomic E-state index is 0.0594. The quantitative estimate of drug-likeness (QED) is 0.426. The second-order valence-corrected chi connectivity index (χ2v) is 5.95. The summed E-state index contributed by atoms with van der Waals surface area (Å²) in [7, 11) is 0. The zero-order valence-corrected chi connectivity index (χ0v) is 13.8. The molecule has 0 amide bonds. The molecule has 1 aliphatic heterocycles. The monoisotopic (exact) mass is 338 g/mol. The molecule has 6 heteroatoms. The third kappa shape index (κ3) is 5.49. The van der Waals surface area contributed by atoms with Gasteiger partial charge in [0.1, 0.15) is 6.61 Å². The number of hydrogen-bond acceptors (Lipinski definition) is 6. The molecule has 0 fully saturated rings. The van der Waals surface area contributed by atoms with Gasteiger partial charge in [-0.1, -0.05) is 12.7 Å². The maximum atomic E-state index is 12.0. The van der Waals surface area contributed by atoms with Crippen LogP contribution in [0, 0.1) is 0 Å². The molecule has 0 aromatic carbocycles. The molecule has 5 nitrogen and oxygen atoms in total. The number of hydrogen-bond donors (Lipinski definition) is 1. The Morgan fingerprint density at radius 2 is 2.39 bits per heavy atom. The van der Waals surface area contributed by atoms with Gasteiger partial charge < -0.3 is 19.3 Å². The minimum atomic E-state index is -0.506. The van der Waals surface area contributed by atoms with E-state index < -0.39 is 12.3 Å². The van der Waals surface area contributed by atoms with Gasteiger partial charge in [-0.25, -0.2) is 4.79 Å². The topological polar surface area (TPSA) is 65.0 Å². The molecule has 23 heavy (non-hydrogen) atoms. The number of allylic oxidation sites excluding steroid dienone is 1. The molecular formula is C17H22O5S. The molecule has 0 bridgehead atoms. The van der Waals surface area contributed by atoms with E-state index in [0.717, 1.165) is 12.0 Å². The highest BCUT2D eigenvalue weighted by molar-refractivity contribution is 7.08. The molecule has 2 unspecified atom stereocenters. The summed E-state index contributed by atoms with van der Waals surface area (Å²) in [6.45, 7) is 4.30. The van der Waals surface area contributed by atoms with E-state index in [0.29, 0.717) is 19.4 Å². The molecule has 1 aromatic heterocycles. The van der Waals surface area contributed by atoms with Crippen molar-refractivity contribution in [2.24, 2.45) is 0 Å². The largest absolute Gasteiger partial charge is 0.458 e. The van der Waals surface area contributed by atoms with Crippen LogP contribution in [0.4, 0.5) is 0 Å². The van der Waals surface area contributed by atoms with Crippen molar-refractivity contribution in [3.05, 3.63) is 46.9 Å². The summed E-state index contributed by atoms with van der Waals surface area (Å²) < 4.78 is 16.4. The lowest BCUT2D eigenvalue weighted by molar-refractivity contribution is -0.160. The Labute approximate surface area is 140 Å². The highest BCUT2D eigenvalue weighted by atomic mass is 32.1. The van der Waals surface area contributed by atoms with Crippen LogP contribution in [0.15, 0.2) is 41.3 Å². The van der Waals surface area contributed by atoms with Gasteiger partial charge in [0.05, 0.1) is 6.61 Å². The van der Waals surface area contributed by atoms with Gasteiger partial charge in [0.2, 0.25) is 12.0 Å². The second kappa shape index (κ2) is 9.50. The van der Waals surface area contributed by atoms with Crippen molar-refractivity contribution in [2.75, 3.05) is 19.8 Å². The minimum Gasteiger partial charge on any atom is -0.458 e. The lowest BCUT2D eigenvalue weighted by atomic mass is 9.95. The summed E-state index contributed by atoms with van der Waals surface area (Å²) in [6, 6.07) is 2.03. The number of carbonyl (C=O) groups excluding carboxylic acids is 1. The summed E-state index contributed by atoms with van der Waals surface area (Å²) in [5.41, 5.74) is 1.14. The van der Waals surface area contributed by atoms with Crippen LogP contribution in [0.1, 0.15) is 30.7 Å². The maximum Gasteiger partial charge on any atom is 0.373 e. The van der Waals surface area contributed by atoms with Crippen molar-refractivity contribution in [3.8, 4) is 0 Å². The highest BCUT2D eigenvalue weighted by Crippen LogP contribution is 2.32. The average Bonchev–Trinajstić information content (AvgIpc) is 3.11. The standard InChI is InChI=1S/C17H22O5S/c1-2-7-21-17(19)15-10-14(13-5-9-23-12-13)11-16(22-15)20-8-4-3-6-18/h2,5,9-10,12,14,16,18H,1,3-4,6-8,11H2. The Hall–Kier alpha value is -1.63.